The predicted molar refractivity (Wildman–Crippen MR) is 121 cm³/mol. The second-order valence-corrected chi connectivity index (χ2v) is 7.72. The van der Waals surface area contributed by atoms with Crippen molar-refractivity contribution in [2.24, 2.45) is 0 Å². The number of ketones is 1. The van der Waals surface area contributed by atoms with Gasteiger partial charge in [-0.25, -0.2) is 14.4 Å². The summed E-state index contributed by atoms with van der Waals surface area (Å²) in [4.78, 5) is 25.1. The third kappa shape index (κ3) is 4.64. The van der Waals surface area contributed by atoms with Gasteiger partial charge in [0, 0.05) is 22.6 Å². The van der Waals surface area contributed by atoms with Gasteiger partial charge in [0.05, 0.1) is 49.4 Å². The van der Waals surface area contributed by atoms with Crippen LogP contribution in [0.4, 0.5) is 4.39 Å². The molecule has 0 fully saturated rings. The highest BCUT2D eigenvalue weighted by atomic mass is 19.1. The summed E-state index contributed by atoms with van der Waals surface area (Å²) in [6.45, 7) is -1.69. The minimum atomic E-state index is -2.81. The number of carbonyl (C=O) groups is 1. The third-order valence-electron chi connectivity index (χ3n) is 5.24. The van der Waals surface area contributed by atoms with Gasteiger partial charge in [-0.2, -0.15) is 0 Å². The van der Waals surface area contributed by atoms with Gasteiger partial charge in [0.1, 0.15) is 11.6 Å². The minimum Gasteiger partial charge on any atom is -0.493 e. The smallest absolute Gasteiger partial charge is 0.203 e. The standard InChI is InChI=1S/C25H26FN3O5/c1-25(2)22(30)12-18-19(34-25)7-6-15(28-18)11-17-16(26)13-27-23(29-17)10-14-8-20(31-3)24(33-5)21(9-14)32-4/h6-9,13H,10-12H2,1-5H3/i1D3,6D,7D,13D. The number of halogens is 1. The van der Waals surface area contributed by atoms with E-state index in [0.29, 0.717) is 22.8 Å². The summed E-state index contributed by atoms with van der Waals surface area (Å²) in [5.41, 5.74) is -1.92. The van der Waals surface area contributed by atoms with E-state index in [1.807, 2.05) is 0 Å². The Hall–Kier alpha value is -3.75. The molecule has 0 saturated carbocycles. The Morgan fingerprint density at radius 2 is 1.88 bits per heavy atom. The third-order valence-corrected chi connectivity index (χ3v) is 5.24. The summed E-state index contributed by atoms with van der Waals surface area (Å²) in [6.07, 6.45) is -1.42. The van der Waals surface area contributed by atoms with Crippen LogP contribution < -0.4 is 18.9 Å². The van der Waals surface area contributed by atoms with E-state index >= 15 is 0 Å². The molecule has 0 saturated heterocycles. The zero-order chi connectivity index (χ0) is 29.6. The Labute approximate surface area is 205 Å². The van der Waals surface area contributed by atoms with E-state index in [2.05, 4.69) is 15.0 Å². The number of fused-ring (bicyclic) bond motifs is 1. The van der Waals surface area contributed by atoms with Gasteiger partial charge < -0.3 is 18.9 Å². The number of nitrogens with zero attached hydrogens (tertiary/aromatic N) is 3. The molecule has 8 nitrogen and oxygen atoms in total. The van der Waals surface area contributed by atoms with Gasteiger partial charge in [-0.05, 0) is 43.6 Å². The number of carbonyl (C=O) groups excluding carboxylic acids is 1. The molecule has 0 amide bonds. The monoisotopic (exact) mass is 473 g/mol. The summed E-state index contributed by atoms with van der Waals surface area (Å²) in [7, 11) is 4.39. The molecular formula is C25H26FN3O5. The van der Waals surface area contributed by atoms with Crippen molar-refractivity contribution in [2.45, 2.75) is 38.6 Å². The second kappa shape index (κ2) is 9.24. The first-order chi connectivity index (χ1) is 18.7. The molecule has 2 aromatic heterocycles. The van der Waals surface area contributed by atoms with Crippen molar-refractivity contribution in [1.29, 1.82) is 0 Å². The average Bonchev–Trinajstić information content (AvgIpc) is 2.89. The van der Waals surface area contributed by atoms with E-state index in [4.69, 9.17) is 27.2 Å². The fraction of sp³-hybridized carbons (Fsp3) is 0.360. The highest BCUT2D eigenvalue weighted by molar-refractivity contribution is 5.90. The van der Waals surface area contributed by atoms with Crippen LogP contribution in [-0.4, -0.2) is 47.7 Å². The maximum Gasteiger partial charge on any atom is 0.203 e. The summed E-state index contributed by atoms with van der Waals surface area (Å²) in [5.74, 6) is -0.817. The average molecular weight is 474 g/mol. The summed E-state index contributed by atoms with van der Waals surface area (Å²) >= 11 is 0. The maximum absolute atomic E-state index is 15.0. The first-order valence-electron chi connectivity index (χ1n) is 13.3. The number of methoxy groups -OCH3 is 3. The van der Waals surface area contributed by atoms with Crippen molar-refractivity contribution in [1.82, 2.24) is 15.0 Å². The number of hydrogen-bond acceptors (Lipinski definition) is 8. The lowest BCUT2D eigenvalue weighted by Crippen LogP contribution is -2.43. The zero-order valence-corrected chi connectivity index (χ0v) is 19.0. The molecule has 3 heterocycles. The Balaban J connectivity index is 1.70. The van der Waals surface area contributed by atoms with E-state index in [1.54, 1.807) is 12.1 Å². The van der Waals surface area contributed by atoms with E-state index in [9.17, 15) is 9.18 Å². The van der Waals surface area contributed by atoms with Gasteiger partial charge >= 0.3 is 0 Å². The molecule has 0 aliphatic carbocycles. The number of benzene rings is 1. The van der Waals surface area contributed by atoms with Crippen molar-refractivity contribution in [2.75, 3.05) is 21.3 Å². The van der Waals surface area contributed by atoms with Gasteiger partial charge in [-0.3, -0.25) is 9.78 Å². The lowest BCUT2D eigenvalue weighted by molar-refractivity contribution is -0.132. The molecule has 1 aliphatic heterocycles. The number of ether oxygens (including phenoxy) is 4. The Morgan fingerprint density at radius 1 is 1.15 bits per heavy atom. The number of hydrogen-bond donors (Lipinski definition) is 0. The van der Waals surface area contributed by atoms with Gasteiger partial charge in [0.15, 0.2) is 28.7 Å². The first kappa shape index (κ1) is 16.8. The van der Waals surface area contributed by atoms with Gasteiger partial charge in [-0.15, -0.1) is 0 Å². The highest BCUT2D eigenvalue weighted by Crippen LogP contribution is 2.38. The molecule has 0 spiro atoms. The quantitative estimate of drug-likeness (QED) is 0.515. The molecule has 9 heteroatoms. The topological polar surface area (TPSA) is 92.7 Å². The molecular weight excluding hydrogens is 441 g/mol. The number of rotatable bonds is 7. The number of pyridine rings is 1. The van der Waals surface area contributed by atoms with Crippen LogP contribution in [0.25, 0.3) is 0 Å². The van der Waals surface area contributed by atoms with E-state index in [1.165, 1.54) is 21.3 Å². The summed E-state index contributed by atoms with van der Waals surface area (Å²) in [6, 6.07) is 2.40. The molecule has 0 N–H and O–H groups in total. The lowest BCUT2D eigenvalue weighted by Gasteiger charge is -2.30. The largest absolute Gasteiger partial charge is 0.493 e. The summed E-state index contributed by atoms with van der Waals surface area (Å²) < 4.78 is 84.3. The van der Waals surface area contributed by atoms with E-state index in [0.717, 1.165) is 6.92 Å². The number of aromatic nitrogens is 3. The predicted octanol–water partition coefficient (Wildman–Crippen LogP) is 3.50. The molecule has 0 bridgehead atoms. The molecule has 34 heavy (non-hydrogen) atoms. The van der Waals surface area contributed by atoms with Crippen molar-refractivity contribution < 1.29 is 36.4 Å². The zero-order valence-electron chi connectivity index (χ0n) is 25.0. The first-order valence-corrected chi connectivity index (χ1v) is 10.3. The van der Waals surface area contributed by atoms with Gasteiger partial charge in [0.2, 0.25) is 5.75 Å². The fourth-order valence-corrected chi connectivity index (χ4v) is 3.50. The Kier molecular flexibility index (Phi) is 4.57. The molecule has 1 unspecified atom stereocenters. The molecule has 1 atom stereocenters. The lowest BCUT2D eigenvalue weighted by atomic mass is 9.95. The highest BCUT2D eigenvalue weighted by Gasteiger charge is 2.36. The SMILES string of the molecule is [2H]c1nc(Cc2cc(OC)c(OC)c(OC)c2)nc(Cc2nc3c(c([2H])c2[2H])OC(C)(C([2H])([2H])[2H])C(=O)C3)c1F. The molecule has 1 aromatic carbocycles. The van der Waals surface area contributed by atoms with Crippen molar-refractivity contribution in [3.63, 3.8) is 0 Å². The van der Waals surface area contributed by atoms with Gasteiger partial charge in [0.25, 0.3) is 0 Å². The molecule has 4 rings (SSSR count). The Bertz CT molecular complexity index is 1480. The van der Waals surface area contributed by atoms with Gasteiger partial charge in [-0.1, -0.05) is 0 Å². The fourth-order valence-electron chi connectivity index (χ4n) is 3.50. The van der Waals surface area contributed by atoms with Crippen LogP contribution in [0, 0.1) is 5.82 Å². The van der Waals surface area contributed by atoms with Crippen LogP contribution >= 0.6 is 0 Å². The van der Waals surface area contributed by atoms with Crippen LogP contribution in [0.2, 0.25) is 0 Å². The van der Waals surface area contributed by atoms with E-state index in [-0.39, 0.29) is 41.5 Å². The minimum absolute atomic E-state index is 0.0269. The van der Waals surface area contributed by atoms with Crippen molar-refractivity contribution in [3.05, 3.63) is 64.7 Å². The molecule has 1 aliphatic rings. The number of Topliss-reactive ketones (excluding diaryl/α,β-unsaturated/α-hetero) is 1. The van der Waals surface area contributed by atoms with Crippen LogP contribution in [0.1, 0.15) is 50.5 Å². The molecule has 0 radical (unpaired) electrons. The van der Waals surface area contributed by atoms with E-state index < -0.39 is 48.7 Å². The van der Waals surface area contributed by atoms with Crippen LogP contribution in [0.3, 0.4) is 0 Å². The van der Waals surface area contributed by atoms with Crippen molar-refractivity contribution >= 4 is 5.78 Å². The van der Waals surface area contributed by atoms with Crippen LogP contribution in [-0.2, 0) is 24.1 Å². The van der Waals surface area contributed by atoms with Crippen molar-refractivity contribution in [3.8, 4) is 23.0 Å². The van der Waals surface area contributed by atoms with Crippen LogP contribution in [0.15, 0.2) is 30.4 Å². The maximum atomic E-state index is 15.0. The van der Waals surface area contributed by atoms with Crippen LogP contribution in [0.5, 0.6) is 23.0 Å². The second-order valence-electron chi connectivity index (χ2n) is 7.72. The normalized spacial score (nSPS) is 20.0. The summed E-state index contributed by atoms with van der Waals surface area (Å²) in [5, 5.41) is 0. The Morgan fingerprint density at radius 3 is 2.53 bits per heavy atom. The molecule has 178 valence electrons. The molecule has 3 aromatic rings.